The molecule has 0 spiro atoms. The summed E-state index contributed by atoms with van der Waals surface area (Å²) in [6.07, 6.45) is 2.26. The SMILES string of the molecule is Cc1cc(C(=O)NCC(N)C2CC2)c(Cl)cc1F.Cl. The van der Waals surface area contributed by atoms with Crippen LogP contribution in [0.4, 0.5) is 4.39 Å². The lowest BCUT2D eigenvalue weighted by molar-refractivity contribution is 0.0950. The topological polar surface area (TPSA) is 55.1 Å². The van der Waals surface area contributed by atoms with Gasteiger partial charge in [0.25, 0.3) is 5.91 Å². The van der Waals surface area contributed by atoms with Crippen LogP contribution in [-0.2, 0) is 0 Å². The van der Waals surface area contributed by atoms with Crippen molar-refractivity contribution in [3.63, 3.8) is 0 Å². The highest BCUT2D eigenvalue weighted by Gasteiger charge is 2.28. The molecule has 0 radical (unpaired) electrons. The van der Waals surface area contributed by atoms with Crippen LogP contribution in [-0.4, -0.2) is 18.5 Å². The van der Waals surface area contributed by atoms with E-state index in [4.69, 9.17) is 17.3 Å². The quantitative estimate of drug-likeness (QED) is 0.898. The van der Waals surface area contributed by atoms with Crippen LogP contribution >= 0.6 is 24.0 Å². The Morgan fingerprint density at radius 1 is 1.58 bits per heavy atom. The molecule has 1 amide bonds. The van der Waals surface area contributed by atoms with Gasteiger partial charge in [-0.3, -0.25) is 4.79 Å². The zero-order chi connectivity index (χ0) is 13.3. The van der Waals surface area contributed by atoms with Crippen LogP contribution in [0.2, 0.25) is 5.02 Å². The molecule has 1 atom stereocenters. The van der Waals surface area contributed by atoms with E-state index in [1.165, 1.54) is 6.07 Å². The first kappa shape index (κ1) is 16.2. The van der Waals surface area contributed by atoms with Gasteiger partial charge in [-0.1, -0.05) is 11.6 Å². The summed E-state index contributed by atoms with van der Waals surface area (Å²) < 4.78 is 13.2. The monoisotopic (exact) mass is 306 g/mol. The molecule has 3 N–H and O–H groups in total. The van der Waals surface area contributed by atoms with Crippen molar-refractivity contribution in [1.29, 1.82) is 0 Å². The minimum Gasteiger partial charge on any atom is -0.350 e. The Morgan fingerprint density at radius 2 is 2.21 bits per heavy atom. The summed E-state index contributed by atoms with van der Waals surface area (Å²) in [7, 11) is 0. The Morgan fingerprint density at radius 3 is 2.79 bits per heavy atom. The van der Waals surface area contributed by atoms with Crippen molar-refractivity contribution in [2.45, 2.75) is 25.8 Å². The van der Waals surface area contributed by atoms with Crippen molar-refractivity contribution in [3.8, 4) is 0 Å². The minimum absolute atomic E-state index is 0. The second-order valence-corrected chi connectivity index (χ2v) is 5.20. The second kappa shape index (κ2) is 6.55. The second-order valence-electron chi connectivity index (χ2n) is 4.79. The van der Waals surface area contributed by atoms with Crippen molar-refractivity contribution < 1.29 is 9.18 Å². The van der Waals surface area contributed by atoms with Crippen LogP contribution in [0.1, 0.15) is 28.8 Å². The molecule has 1 unspecified atom stereocenters. The number of benzene rings is 1. The summed E-state index contributed by atoms with van der Waals surface area (Å²) in [4.78, 5) is 11.9. The van der Waals surface area contributed by atoms with Crippen molar-refractivity contribution >= 4 is 29.9 Å². The van der Waals surface area contributed by atoms with Crippen LogP contribution < -0.4 is 11.1 Å². The fourth-order valence-electron chi connectivity index (χ4n) is 1.83. The van der Waals surface area contributed by atoms with Gasteiger partial charge in [0.2, 0.25) is 0 Å². The van der Waals surface area contributed by atoms with E-state index in [1.807, 2.05) is 0 Å². The number of rotatable bonds is 4. The molecule has 3 nitrogen and oxygen atoms in total. The van der Waals surface area contributed by atoms with Crippen LogP contribution in [0, 0.1) is 18.7 Å². The lowest BCUT2D eigenvalue weighted by Gasteiger charge is -2.12. The summed E-state index contributed by atoms with van der Waals surface area (Å²) >= 11 is 5.85. The number of hydrogen-bond acceptors (Lipinski definition) is 2. The highest BCUT2D eigenvalue weighted by Crippen LogP contribution is 2.31. The molecule has 19 heavy (non-hydrogen) atoms. The predicted octanol–water partition coefficient (Wildman–Crippen LogP) is 2.68. The molecular formula is C13H17Cl2FN2O. The molecule has 0 aromatic heterocycles. The van der Waals surface area contributed by atoms with Gasteiger partial charge in [-0.25, -0.2) is 4.39 Å². The first-order valence-electron chi connectivity index (χ1n) is 5.98. The first-order valence-corrected chi connectivity index (χ1v) is 6.36. The molecule has 0 heterocycles. The molecule has 6 heteroatoms. The molecular weight excluding hydrogens is 290 g/mol. The van der Waals surface area contributed by atoms with E-state index in [2.05, 4.69) is 5.32 Å². The summed E-state index contributed by atoms with van der Waals surface area (Å²) in [5, 5.41) is 2.86. The number of nitrogens with one attached hydrogen (secondary N) is 1. The smallest absolute Gasteiger partial charge is 0.252 e. The van der Waals surface area contributed by atoms with Gasteiger partial charge in [0.1, 0.15) is 5.82 Å². The third-order valence-corrected chi connectivity index (χ3v) is 3.53. The van der Waals surface area contributed by atoms with Gasteiger partial charge in [-0.15, -0.1) is 12.4 Å². The zero-order valence-electron chi connectivity index (χ0n) is 10.6. The average molecular weight is 307 g/mol. The Hall–Kier alpha value is -0.840. The third kappa shape index (κ3) is 4.06. The summed E-state index contributed by atoms with van der Waals surface area (Å²) in [6, 6.07) is 2.61. The van der Waals surface area contributed by atoms with Crippen molar-refractivity contribution in [3.05, 3.63) is 34.1 Å². The van der Waals surface area contributed by atoms with Gasteiger partial charge in [0, 0.05) is 12.6 Å². The van der Waals surface area contributed by atoms with Crippen LogP contribution in [0.25, 0.3) is 0 Å². The Labute approximate surface area is 123 Å². The van der Waals surface area contributed by atoms with E-state index < -0.39 is 5.82 Å². The van der Waals surface area contributed by atoms with E-state index in [0.717, 1.165) is 18.9 Å². The molecule has 1 fully saturated rings. The van der Waals surface area contributed by atoms with Gasteiger partial charge >= 0.3 is 0 Å². The molecule has 2 rings (SSSR count). The van der Waals surface area contributed by atoms with Crippen molar-refractivity contribution in [2.75, 3.05) is 6.54 Å². The molecule has 1 saturated carbocycles. The minimum atomic E-state index is -0.411. The Bertz CT molecular complexity index is 478. The summed E-state index contributed by atoms with van der Waals surface area (Å²) in [6.45, 7) is 2.02. The Balaban J connectivity index is 0.00000180. The lowest BCUT2D eigenvalue weighted by Crippen LogP contribution is -2.38. The van der Waals surface area contributed by atoms with E-state index in [0.29, 0.717) is 23.6 Å². The maximum Gasteiger partial charge on any atom is 0.252 e. The zero-order valence-corrected chi connectivity index (χ0v) is 12.2. The standard InChI is InChI=1S/C13H16ClFN2O.ClH/c1-7-4-9(10(14)5-11(7)15)13(18)17-6-12(16)8-2-3-8;/h4-5,8,12H,2-3,6,16H2,1H3,(H,17,18);1H. The van der Waals surface area contributed by atoms with Gasteiger partial charge < -0.3 is 11.1 Å². The highest BCUT2D eigenvalue weighted by molar-refractivity contribution is 6.33. The van der Waals surface area contributed by atoms with Crippen LogP contribution in [0.5, 0.6) is 0 Å². The fraction of sp³-hybridized carbons (Fsp3) is 0.462. The number of hydrogen-bond donors (Lipinski definition) is 2. The van der Waals surface area contributed by atoms with Crippen LogP contribution in [0.3, 0.4) is 0 Å². The summed E-state index contributed by atoms with van der Waals surface area (Å²) in [5.74, 6) is -0.193. The normalized spacial score (nSPS) is 15.6. The molecule has 1 aliphatic rings. The highest BCUT2D eigenvalue weighted by atomic mass is 35.5. The third-order valence-electron chi connectivity index (χ3n) is 3.22. The lowest BCUT2D eigenvalue weighted by atomic mass is 10.1. The van der Waals surface area contributed by atoms with Gasteiger partial charge in [-0.05, 0) is 43.4 Å². The molecule has 1 aromatic carbocycles. The van der Waals surface area contributed by atoms with E-state index >= 15 is 0 Å². The molecule has 0 aliphatic heterocycles. The maximum absolute atomic E-state index is 13.2. The molecule has 1 aliphatic carbocycles. The van der Waals surface area contributed by atoms with E-state index in [9.17, 15) is 9.18 Å². The van der Waals surface area contributed by atoms with E-state index in [1.54, 1.807) is 6.92 Å². The average Bonchev–Trinajstić information content (AvgIpc) is 3.14. The molecule has 106 valence electrons. The number of aryl methyl sites for hydroxylation is 1. The van der Waals surface area contributed by atoms with Crippen molar-refractivity contribution in [1.82, 2.24) is 5.32 Å². The van der Waals surface area contributed by atoms with Gasteiger partial charge in [-0.2, -0.15) is 0 Å². The van der Waals surface area contributed by atoms with E-state index in [-0.39, 0.29) is 29.4 Å². The van der Waals surface area contributed by atoms with Crippen molar-refractivity contribution in [2.24, 2.45) is 11.7 Å². The molecule has 1 aromatic rings. The molecule has 0 saturated heterocycles. The largest absolute Gasteiger partial charge is 0.350 e. The first-order chi connectivity index (χ1) is 8.49. The number of nitrogens with two attached hydrogens (primary N) is 1. The number of carbonyl (C=O) groups excluding carboxylic acids is 1. The molecule has 0 bridgehead atoms. The fourth-order valence-corrected chi connectivity index (χ4v) is 2.06. The number of amides is 1. The number of halogens is 3. The van der Waals surface area contributed by atoms with Gasteiger partial charge in [0.05, 0.1) is 10.6 Å². The van der Waals surface area contributed by atoms with Crippen LogP contribution in [0.15, 0.2) is 12.1 Å². The number of carbonyl (C=O) groups is 1. The predicted molar refractivity (Wildman–Crippen MR) is 76.4 cm³/mol. The maximum atomic E-state index is 13.2. The summed E-state index contributed by atoms with van der Waals surface area (Å²) in [5.41, 5.74) is 6.58. The Kier molecular flexibility index (Phi) is 5.59. The van der Waals surface area contributed by atoms with Gasteiger partial charge in [0.15, 0.2) is 0 Å².